The quantitative estimate of drug-likeness (QED) is 0.270. The molecule has 6 aliphatic heterocycles. The van der Waals surface area contributed by atoms with Crippen LogP contribution in [0.15, 0.2) is 54.7 Å². The number of nitrogens with one attached hydrogen (secondary N) is 1. The zero-order chi connectivity index (χ0) is 38.7. The van der Waals surface area contributed by atoms with Crippen molar-refractivity contribution in [3.63, 3.8) is 0 Å². The van der Waals surface area contributed by atoms with Gasteiger partial charge in [-0.3, -0.25) is 44.2 Å². The number of rotatable bonds is 7. The first-order valence-electron chi connectivity index (χ1n) is 19.8. The molecule has 2 aromatic carbocycles. The lowest BCUT2D eigenvalue weighted by Crippen LogP contribution is -2.62. The van der Waals surface area contributed by atoms with Crippen molar-refractivity contribution < 1.29 is 19.2 Å². The van der Waals surface area contributed by atoms with Gasteiger partial charge in [-0.1, -0.05) is 17.7 Å². The zero-order valence-electron chi connectivity index (χ0n) is 31.6. The Balaban J connectivity index is 0.724. The van der Waals surface area contributed by atoms with Crippen LogP contribution in [-0.4, -0.2) is 120 Å². The minimum Gasteiger partial charge on any atom is -0.370 e. The maximum atomic E-state index is 13.3. The Morgan fingerprint density at radius 2 is 1.59 bits per heavy atom. The summed E-state index contributed by atoms with van der Waals surface area (Å²) in [6, 6.07) is 15.6. The molecule has 3 aromatic rings. The molecule has 0 saturated carbocycles. The van der Waals surface area contributed by atoms with Crippen molar-refractivity contribution in [2.45, 2.75) is 63.7 Å². The van der Waals surface area contributed by atoms with Crippen molar-refractivity contribution in [3.8, 4) is 0 Å². The molecule has 5 saturated heterocycles. The Morgan fingerprint density at radius 3 is 2.29 bits per heavy atom. The molecule has 1 aromatic heterocycles. The van der Waals surface area contributed by atoms with E-state index in [0.29, 0.717) is 39.3 Å². The molecule has 13 nitrogen and oxygen atoms in total. The fourth-order valence-electron chi connectivity index (χ4n) is 9.86. The molecule has 0 aliphatic carbocycles. The fourth-order valence-corrected chi connectivity index (χ4v) is 10.1. The number of hydrogen-bond donors (Lipinski definition) is 1. The van der Waals surface area contributed by atoms with Gasteiger partial charge in [-0.15, -0.1) is 0 Å². The molecule has 0 radical (unpaired) electrons. The third-order valence-corrected chi connectivity index (χ3v) is 13.4. The number of aromatic nitrogens is 1. The van der Waals surface area contributed by atoms with Crippen molar-refractivity contribution in [1.82, 2.24) is 25.0 Å². The van der Waals surface area contributed by atoms with Gasteiger partial charge in [0.15, 0.2) is 0 Å². The Hall–Kier alpha value is -5.03. The Labute approximate surface area is 332 Å². The van der Waals surface area contributed by atoms with E-state index in [2.05, 4.69) is 53.7 Å². The van der Waals surface area contributed by atoms with Crippen LogP contribution >= 0.6 is 11.6 Å². The standard InChI is InChI=1S/C42H46ClN9O4/c1-27-21-42(26-51(27)30-6-8-36(44-2)35(43)20-30)11-13-48(14-12-42)31-4-3-28(45-22-31)23-47-24-32(25-47)50-17-15-49(16-18-50)29-5-7-33-34(19-29)41(56)52(40(33)55)37-9-10-38(53)46-39(37)54/h3-8,19-20,22,27,32,37H,9-18,21,23-26H2,1H3,(H,46,53,54)/t27-,37?/m0/s1. The summed E-state index contributed by atoms with van der Waals surface area (Å²) in [5.41, 5.74) is 5.72. The predicted molar refractivity (Wildman–Crippen MR) is 213 cm³/mol. The third-order valence-electron chi connectivity index (χ3n) is 13.1. The van der Waals surface area contributed by atoms with Crippen LogP contribution in [0.3, 0.4) is 0 Å². The van der Waals surface area contributed by atoms with E-state index in [1.807, 2.05) is 30.5 Å². The first kappa shape index (κ1) is 36.6. The molecule has 7 heterocycles. The molecule has 290 valence electrons. The fraction of sp³-hybridized carbons (Fsp3) is 0.476. The summed E-state index contributed by atoms with van der Waals surface area (Å²) >= 11 is 6.39. The highest BCUT2D eigenvalue weighted by atomic mass is 35.5. The van der Waals surface area contributed by atoms with Gasteiger partial charge in [-0.05, 0) is 80.5 Å². The molecule has 14 heteroatoms. The summed E-state index contributed by atoms with van der Waals surface area (Å²) in [7, 11) is 0. The number of halogens is 1. The number of benzene rings is 2. The van der Waals surface area contributed by atoms with Crippen molar-refractivity contribution in [1.29, 1.82) is 0 Å². The molecule has 4 amide bonds. The van der Waals surface area contributed by atoms with E-state index < -0.39 is 23.8 Å². The molecule has 5 fully saturated rings. The van der Waals surface area contributed by atoms with Crippen molar-refractivity contribution in [2.24, 2.45) is 5.41 Å². The average molecular weight is 776 g/mol. The van der Waals surface area contributed by atoms with Crippen LogP contribution in [0.25, 0.3) is 4.85 Å². The summed E-state index contributed by atoms with van der Waals surface area (Å²) in [5.74, 6) is -1.93. The normalized spacial score (nSPS) is 24.4. The molecule has 1 N–H and O–H groups in total. The highest BCUT2D eigenvalue weighted by molar-refractivity contribution is 6.33. The molecule has 56 heavy (non-hydrogen) atoms. The SMILES string of the molecule is [C-]#[N+]c1ccc(N2CC3(CCN(c4ccc(CN5CC(N6CCN(c7ccc8c(c7)C(=O)N(C7CCC(=O)NC7=O)C8=O)CC6)C5)nc4)CC3)C[C@@H]2C)cc1Cl. The number of imide groups is 2. The number of carbonyl (C=O) groups excluding carboxylic acids is 4. The first-order valence-corrected chi connectivity index (χ1v) is 20.2. The lowest BCUT2D eigenvalue weighted by atomic mass is 9.76. The van der Waals surface area contributed by atoms with Crippen molar-refractivity contribution >= 4 is 58.0 Å². The summed E-state index contributed by atoms with van der Waals surface area (Å²) in [6.07, 6.45) is 5.75. The molecule has 1 unspecified atom stereocenters. The number of piperidine rings is 2. The van der Waals surface area contributed by atoms with Crippen molar-refractivity contribution in [3.05, 3.63) is 88.0 Å². The average Bonchev–Trinajstić information content (AvgIpc) is 3.64. The van der Waals surface area contributed by atoms with E-state index in [-0.39, 0.29) is 18.7 Å². The molecular formula is C42H46ClN9O4. The summed E-state index contributed by atoms with van der Waals surface area (Å²) in [6.45, 7) is 19.0. The van der Waals surface area contributed by atoms with Crippen LogP contribution in [0, 0.1) is 12.0 Å². The van der Waals surface area contributed by atoms with Crippen LogP contribution in [0.4, 0.5) is 22.7 Å². The number of likely N-dealkylation sites (tertiary alicyclic amines) is 1. The van der Waals surface area contributed by atoms with Crippen LogP contribution in [0.2, 0.25) is 5.02 Å². The van der Waals surface area contributed by atoms with Gasteiger partial charge in [0, 0.05) is 100 Å². The van der Waals surface area contributed by atoms with Gasteiger partial charge in [0.25, 0.3) is 11.8 Å². The monoisotopic (exact) mass is 775 g/mol. The van der Waals surface area contributed by atoms with Gasteiger partial charge < -0.3 is 14.7 Å². The summed E-state index contributed by atoms with van der Waals surface area (Å²) < 4.78 is 0. The topological polar surface area (TPSA) is 117 Å². The number of carbonyl (C=O) groups is 4. The Bertz CT molecular complexity index is 2120. The van der Waals surface area contributed by atoms with E-state index in [9.17, 15) is 19.2 Å². The van der Waals surface area contributed by atoms with Gasteiger partial charge in [0.1, 0.15) is 6.04 Å². The number of fused-ring (bicyclic) bond motifs is 1. The van der Waals surface area contributed by atoms with E-state index in [1.165, 1.54) is 12.1 Å². The largest absolute Gasteiger partial charge is 0.370 e. The number of pyridine rings is 1. The minimum absolute atomic E-state index is 0.101. The van der Waals surface area contributed by atoms with Gasteiger partial charge in [-0.25, -0.2) is 4.85 Å². The highest BCUT2D eigenvalue weighted by Gasteiger charge is 2.46. The van der Waals surface area contributed by atoms with E-state index >= 15 is 0 Å². The predicted octanol–water partition coefficient (Wildman–Crippen LogP) is 4.58. The van der Waals surface area contributed by atoms with Crippen LogP contribution in [0.5, 0.6) is 0 Å². The van der Waals surface area contributed by atoms with Gasteiger partial charge in [0.05, 0.1) is 35.3 Å². The van der Waals surface area contributed by atoms with Crippen molar-refractivity contribution in [2.75, 3.05) is 73.6 Å². The smallest absolute Gasteiger partial charge is 0.262 e. The number of hydrogen-bond acceptors (Lipinski definition) is 10. The number of piperazine rings is 1. The lowest BCUT2D eigenvalue weighted by molar-refractivity contribution is -0.136. The first-order chi connectivity index (χ1) is 27.1. The molecule has 1 spiro atoms. The highest BCUT2D eigenvalue weighted by Crippen LogP contribution is 2.46. The number of amides is 4. The summed E-state index contributed by atoms with van der Waals surface area (Å²) in [5, 5.41) is 2.78. The second-order valence-corrected chi connectivity index (χ2v) is 16.9. The van der Waals surface area contributed by atoms with Gasteiger partial charge >= 0.3 is 0 Å². The summed E-state index contributed by atoms with van der Waals surface area (Å²) in [4.78, 5) is 72.1. The maximum Gasteiger partial charge on any atom is 0.262 e. The second-order valence-electron chi connectivity index (χ2n) is 16.5. The van der Waals surface area contributed by atoms with Crippen LogP contribution in [0.1, 0.15) is 65.4 Å². The van der Waals surface area contributed by atoms with E-state index in [0.717, 1.165) is 100 Å². The Morgan fingerprint density at radius 1 is 0.875 bits per heavy atom. The van der Waals surface area contributed by atoms with Gasteiger partial charge in [-0.2, -0.15) is 0 Å². The van der Waals surface area contributed by atoms with Crippen LogP contribution < -0.4 is 20.0 Å². The van der Waals surface area contributed by atoms with E-state index in [1.54, 1.807) is 12.1 Å². The molecular weight excluding hydrogens is 730 g/mol. The maximum absolute atomic E-state index is 13.3. The van der Waals surface area contributed by atoms with Crippen LogP contribution in [-0.2, 0) is 16.1 Å². The Kier molecular flexibility index (Phi) is 9.46. The van der Waals surface area contributed by atoms with E-state index in [4.69, 9.17) is 23.2 Å². The molecule has 0 bridgehead atoms. The molecule has 9 rings (SSSR count). The zero-order valence-corrected chi connectivity index (χ0v) is 32.4. The second kappa shape index (κ2) is 14.5. The lowest BCUT2D eigenvalue weighted by Gasteiger charge is -2.48. The molecule has 2 atom stereocenters. The molecule has 6 aliphatic rings. The number of anilines is 3. The van der Waals surface area contributed by atoms with Gasteiger partial charge in [0.2, 0.25) is 17.5 Å². The third kappa shape index (κ3) is 6.67. The number of nitrogens with zero attached hydrogens (tertiary/aromatic N) is 8. The minimum atomic E-state index is -0.962.